The number of aromatic amines is 1. The van der Waals surface area contributed by atoms with Crippen LogP contribution in [0.3, 0.4) is 0 Å². The van der Waals surface area contributed by atoms with Crippen molar-refractivity contribution < 1.29 is 8.78 Å². The van der Waals surface area contributed by atoms with E-state index in [1.165, 1.54) is 18.2 Å². The molecule has 22 heavy (non-hydrogen) atoms. The molecule has 2 aromatic heterocycles. The Morgan fingerprint density at radius 1 is 1.09 bits per heavy atom. The van der Waals surface area contributed by atoms with Crippen LogP contribution in [-0.4, -0.2) is 19.6 Å². The molecule has 2 heterocycles. The number of H-pyrrole nitrogens is 1. The van der Waals surface area contributed by atoms with E-state index in [-0.39, 0.29) is 11.6 Å². The number of hydrogen-bond donors (Lipinski definition) is 2. The number of rotatable bonds is 2. The third-order valence-corrected chi connectivity index (χ3v) is 3.43. The van der Waals surface area contributed by atoms with Crippen LogP contribution in [0.25, 0.3) is 16.8 Å². The Balaban J connectivity index is 1.80. The normalized spacial score (nSPS) is 11.4. The number of anilines is 2. The van der Waals surface area contributed by atoms with E-state index in [0.29, 0.717) is 5.78 Å². The van der Waals surface area contributed by atoms with Gasteiger partial charge in [-0.25, -0.2) is 18.3 Å². The fourth-order valence-electron chi connectivity index (χ4n) is 2.39. The van der Waals surface area contributed by atoms with Crippen molar-refractivity contribution in [1.29, 1.82) is 0 Å². The number of benzene rings is 2. The van der Waals surface area contributed by atoms with Gasteiger partial charge in [0.25, 0.3) is 5.78 Å². The SMILES string of the molecule is Cc1ccc2c(c1)nc1nc(Nc3c(F)cccc3F)[nH]n12. The second kappa shape index (κ2) is 4.52. The van der Waals surface area contributed by atoms with Crippen molar-refractivity contribution in [3.63, 3.8) is 0 Å². The van der Waals surface area contributed by atoms with Crippen molar-refractivity contribution in [2.45, 2.75) is 6.92 Å². The van der Waals surface area contributed by atoms with Gasteiger partial charge >= 0.3 is 0 Å². The first-order valence-corrected chi connectivity index (χ1v) is 6.68. The first-order chi connectivity index (χ1) is 10.6. The fourth-order valence-corrected chi connectivity index (χ4v) is 2.39. The van der Waals surface area contributed by atoms with E-state index in [2.05, 4.69) is 20.4 Å². The number of para-hydroxylation sites is 1. The Morgan fingerprint density at radius 2 is 1.86 bits per heavy atom. The van der Waals surface area contributed by atoms with Gasteiger partial charge in [-0.2, -0.15) is 4.98 Å². The van der Waals surface area contributed by atoms with E-state index in [1.54, 1.807) is 4.52 Å². The topological polar surface area (TPSA) is 58.0 Å². The van der Waals surface area contributed by atoms with E-state index < -0.39 is 11.6 Å². The zero-order valence-electron chi connectivity index (χ0n) is 11.6. The highest BCUT2D eigenvalue weighted by molar-refractivity contribution is 5.80. The first-order valence-electron chi connectivity index (χ1n) is 6.68. The Labute approximate surface area is 123 Å². The van der Waals surface area contributed by atoms with Crippen LogP contribution in [0.5, 0.6) is 0 Å². The third-order valence-electron chi connectivity index (χ3n) is 3.43. The molecule has 7 heteroatoms. The van der Waals surface area contributed by atoms with Gasteiger partial charge in [-0.15, -0.1) is 0 Å². The van der Waals surface area contributed by atoms with Crippen molar-refractivity contribution in [2.24, 2.45) is 0 Å². The molecule has 4 rings (SSSR count). The largest absolute Gasteiger partial charge is 0.320 e. The molecule has 110 valence electrons. The Morgan fingerprint density at radius 3 is 2.64 bits per heavy atom. The van der Waals surface area contributed by atoms with Crippen LogP contribution < -0.4 is 5.32 Å². The van der Waals surface area contributed by atoms with E-state index in [1.807, 2.05) is 25.1 Å². The molecule has 0 fully saturated rings. The fraction of sp³-hybridized carbons (Fsp3) is 0.0667. The summed E-state index contributed by atoms with van der Waals surface area (Å²) in [6.45, 7) is 1.98. The first kappa shape index (κ1) is 12.8. The highest BCUT2D eigenvalue weighted by atomic mass is 19.1. The second-order valence-corrected chi connectivity index (χ2v) is 5.03. The van der Waals surface area contributed by atoms with Gasteiger partial charge in [-0.1, -0.05) is 12.1 Å². The highest BCUT2D eigenvalue weighted by Crippen LogP contribution is 2.23. The number of nitrogens with zero attached hydrogens (tertiary/aromatic N) is 3. The molecular formula is C15H11F2N5. The minimum atomic E-state index is -0.686. The molecule has 2 aromatic carbocycles. The van der Waals surface area contributed by atoms with Crippen LogP contribution in [-0.2, 0) is 0 Å². The molecule has 0 atom stereocenters. The average Bonchev–Trinajstić information content (AvgIpc) is 2.99. The van der Waals surface area contributed by atoms with Crippen molar-refractivity contribution in [2.75, 3.05) is 5.32 Å². The van der Waals surface area contributed by atoms with Crippen LogP contribution in [0, 0.1) is 18.6 Å². The molecular weight excluding hydrogens is 288 g/mol. The number of imidazole rings is 1. The zero-order valence-corrected chi connectivity index (χ0v) is 11.6. The molecule has 0 amide bonds. The maximum atomic E-state index is 13.6. The van der Waals surface area contributed by atoms with Gasteiger partial charge in [-0.3, -0.25) is 5.10 Å². The number of aryl methyl sites for hydroxylation is 1. The van der Waals surface area contributed by atoms with Crippen LogP contribution in [0.15, 0.2) is 36.4 Å². The second-order valence-electron chi connectivity index (χ2n) is 5.03. The van der Waals surface area contributed by atoms with Gasteiger partial charge in [0.1, 0.15) is 17.3 Å². The van der Waals surface area contributed by atoms with Crippen LogP contribution in [0.2, 0.25) is 0 Å². The molecule has 5 nitrogen and oxygen atoms in total. The van der Waals surface area contributed by atoms with Gasteiger partial charge in [0.15, 0.2) is 0 Å². The van der Waals surface area contributed by atoms with Gasteiger partial charge < -0.3 is 5.32 Å². The predicted octanol–water partition coefficient (Wildman–Crippen LogP) is 3.54. The number of fused-ring (bicyclic) bond motifs is 3. The molecule has 0 saturated carbocycles. The minimum absolute atomic E-state index is 0.217. The highest BCUT2D eigenvalue weighted by Gasteiger charge is 2.13. The lowest BCUT2D eigenvalue weighted by atomic mass is 10.2. The number of hydrogen-bond acceptors (Lipinski definition) is 3. The molecule has 4 aromatic rings. The number of aromatic nitrogens is 4. The molecule has 0 spiro atoms. The predicted molar refractivity (Wildman–Crippen MR) is 79.2 cm³/mol. The summed E-state index contributed by atoms with van der Waals surface area (Å²) in [6.07, 6.45) is 0. The standard InChI is InChI=1S/C15H11F2N5/c1-8-5-6-12-11(7-8)18-15-20-14(21-22(12)15)19-13-9(16)3-2-4-10(13)17/h2-7H,1H3,(H2,18,19,20,21). The monoisotopic (exact) mass is 299 g/mol. The molecule has 0 bridgehead atoms. The number of halogens is 2. The van der Waals surface area contributed by atoms with Gasteiger partial charge in [-0.05, 0) is 36.8 Å². The molecule has 0 aliphatic heterocycles. The van der Waals surface area contributed by atoms with Gasteiger partial charge in [0.05, 0.1) is 11.0 Å². The molecule has 0 aliphatic rings. The maximum Gasteiger partial charge on any atom is 0.253 e. The smallest absolute Gasteiger partial charge is 0.253 e. The maximum absolute atomic E-state index is 13.6. The summed E-state index contributed by atoms with van der Waals surface area (Å²) < 4.78 is 29.0. The Bertz CT molecular complexity index is 982. The molecule has 2 N–H and O–H groups in total. The number of nitrogens with one attached hydrogen (secondary N) is 2. The summed E-state index contributed by atoms with van der Waals surface area (Å²) in [6, 6.07) is 9.48. The summed E-state index contributed by atoms with van der Waals surface area (Å²) in [5.41, 5.74) is 2.50. The lowest BCUT2D eigenvalue weighted by molar-refractivity contribution is 0.590. The van der Waals surface area contributed by atoms with Crippen LogP contribution in [0.1, 0.15) is 5.56 Å². The van der Waals surface area contributed by atoms with Crippen LogP contribution >= 0.6 is 0 Å². The van der Waals surface area contributed by atoms with E-state index >= 15 is 0 Å². The van der Waals surface area contributed by atoms with Crippen molar-refractivity contribution in [3.05, 3.63) is 53.6 Å². The summed E-state index contributed by atoms with van der Waals surface area (Å²) in [4.78, 5) is 8.59. The lowest BCUT2D eigenvalue weighted by Gasteiger charge is -2.04. The molecule has 0 unspecified atom stereocenters. The van der Waals surface area contributed by atoms with E-state index in [0.717, 1.165) is 16.6 Å². The lowest BCUT2D eigenvalue weighted by Crippen LogP contribution is -1.99. The Hall–Kier alpha value is -2.96. The van der Waals surface area contributed by atoms with Gasteiger partial charge in [0, 0.05) is 0 Å². The third kappa shape index (κ3) is 1.90. The average molecular weight is 299 g/mol. The zero-order chi connectivity index (χ0) is 15.3. The Kier molecular flexibility index (Phi) is 2.62. The molecule has 0 radical (unpaired) electrons. The van der Waals surface area contributed by atoms with Crippen molar-refractivity contribution >= 4 is 28.4 Å². The molecule has 0 aliphatic carbocycles. The van der Waals surface area contributed by atoms with Crippen molar-refractivity contribution in [1.82, 2.24) is 19.6 Å². The van der Waals surface area contributed by atoms with E-state index in [4.69, 9.17) is 0 Å². The van der Waals surface area contributed by atoms with Gasteiger partial charge in [0.2, 0.25) is 5.95 Å². The van der Waals surface area contributed by atoms with Crippen LogP contribution in [0.4, 0.5) is 20.4 Å². The van der Waals surface area contributed by atoms with E-state index in [9.17, 15) is 8.78 Å². The summed E-state index contributed by atoms with van der Waals surface area (Å²) >= 11 is 0. The molecule has 0 saturated heterocycles. The minimum Gasteiger partial charge on any atom is -0.320 e. The summed E-state index contributed by atoms with van der Waals surface area (Å²) in [5.74, 6) is -0.724. The summed E-state index contributed by atoms with van der Waals surface area (Å²) in [5, 5.41) is 5.55. The quantitative estimate of drug-likeness (QED) is 0.595. The van der Waals surface area contributed by atoms with Crippen molar-refractivity contribution in [3.8, 4) is 0 Å². The summed E-state index contributed by atoms with van der Waals surface area (Å²) in [7, 11) is 0.